The summed E-state index contributed by atoms with van der Waals surface area (Å²) in [6.07, 6.45) is 0.568. The van der Waals surface area contributed by atoms with Crippen LogP contribution in [-0.4, -0.2) is 43.0 Å². The summed E-state index contributed by atoms with van der Waals surface area (Å²) in [5.41, 5.74) is 0. The Morgan fingerprint density at radius 1 is 1.56 bits per heavy atom. The van der Waals surface area contributed by atoms with Gasteiger partial charge in [-0.25, -0.2) is 9.59 Å². The van der Waals surface area contributed by atoms with E-state index in [4.69, 9.17) is 9.84 Å². The lowest BCUT2D eigenvalue weighted by molar-refractivity contribution is -0.142. The summed E-state index contributed by atoms with van der Waals surface area (Å²) >= 11 is 0. The molecule has 92 valence electrons. The number of aliphatic carboxylic acids is 1. The van der Waals surface area contributed by atoms with Crippen molar-refractivity contribution in [2.24, 2.45) is 5.92 Å². The van der Waals surface area contributed by atoms with E-state index in [1.54, 1.807) is 0 Å². The van der Waals surface area contributed by atoms with Crippen LogP contribution in [0.5, 0.6) is 0 Å². The number of alkyl carbamates (subject to hydrolysis) is 1. The molecule has 2 N–H and O–H groups in total. The third kappa shape index (κ3) is 3.37. The standard InChI is InChI=1S/C10H17NO5/c1-6-5-7(3-4-16-6)8(9(12)13)11-10(14)15-2/h6-8H,3-5H2,1-2H3,(H,11,14)(H,12,13)/t6-,7+,8-/m0/s1. The molecule has 6 heteroatoms. The number of carbonyl (C=O) groups excluding carboxylic acids is 1. The minimum Gasteiger partial charge on any atom is -0.480 e. The number of carboxylic acids is 1. The summed E-state index contributed by atoms with van der Waals surface area (Å²) in [5.74, 6) is -1.15. The van der Waals surface area contributed by atoms with Crippen molar-refractivity contribution in [3.63, 3.8) is 0 Å². The van der Waals surface area contributed by atoms with E-state index in [-0.39, 0.29) is 12.0 Å². The topological polar surface area (TPSA) is 84.9 Å². The van der Waals surface area contributed by atoms with Crippen LogP contribution in [0.1, 0.15) is 19.8 Å². The molecule has 1 aliphatic rings. The largest absolute Gasteiger partial charge is 0.480 e. The molecule has 16 heavy (non-hydrogen) atoms. The van der Waals surface area contributed by atoms with Crippen molar-refractivity contribution in [1.29, 1.82) is 0 Å². The van der Waals surface area contributed by atoms with Crippen molar-refractivity contribution < 1.29 is 24.2 Å². The van der Waals surface area contributed by atoms with E-state index in [9.17, 15) is 9.59 Å². The fourth-order valence-electron chi connectivity index (χ4n) is 1.90. The molecule has 0 unspecified atom stereocenters. The molecule has 0 saturated carbocycles. The van der Waals surface area contributed by atoms with Crippen molar-refractivity contribution in [3.8, 4) is 0 Å². The van der Waals surface area contributed by atoms with Gasteiger partial charge in [-0.1, -0.05) is 0 Å². The zero-order chi connectivity index (χ0) is 12.1. The van der Waals surface area contributed by atoms with Gasteiger partial charge in [0.15, 0.2) is 0 Å². The van der Waals surface area contributed by atoms with Crippen LogP contribution in [0.4, 0.5) is 4.79 Å². The molecule has 1 amide bonds. The van der Waals surface area contributed by atoms with Crippen LogP contribution >= 0.6 is 0 Å². The van der Waals surface area contributed by atoms with Gasteiger partial charge in [0.25, 0.3) is 0 Å². The Morgan fingerprint density at radius 2 is 2.25 bits per heavy atom. The second kappa shape index (κ2) is 5.69. The van der Waals surface area contributed by atoms with Gasteiger partial charge in [0.05, 0.1) is 13.2 Å². The maximum atomic E-state index is 11.0. The molecule has 1 fully saturated rings. The Balaban J connectivity index is 2.61. The number of methoxy groups -OCH3 is 1. The molecule has 1 heterocycles. The molecule has 0 bridgehead atoms. The van der Waals surface area contributed by atoms with E-state index < -0.39 is 18.1 Å². The van der Waals surface area contributed by atoms with Gasteiger partial charge in [0, 0.05) is 6.61 Å². The summed E-state index contributed by atoms with van der Waals surface area (Å²) in [5, 5.41) is 11.4. The monoisotopic (exact) mass is 231 g/mol. The Kier molecular flexibility index (Phi) is 4.54. The van der Waals surface area contributed by atoms with Gasteiger partial charge in [-0.15, -0.1) is 0 Å². The summed E-state index contributed by atoms with van der Waals surface area (Å²) < 4.78 is 9.74. The number of ether oxygens (including phenoxy) is 2. The van der Waals surface area contributed by atoms with Gasteiger partial charge >= 0.3 is 12.1 Å². The Hall–Kier alpha value is -1.30. The van der Waals surface area contributed by atoms with Crippen molar-refractivity contribution in [1.82, 2.24) is 5.32 Å². The van der Waals surface area contributed by atoms with Crippen LogP contribution in [0.25, 0.3) is 0 Å². The normalized spacial score (nSPS) is 26.9. The highest BCUT2D eigenvalue weighted by Crippen LogP contribution is 2.23. The van der Waals surface area contributed by atoms with E-state index in [1.807, 2.05) is 6.92 Å². The average molecular weight is 231 g/mol. The zero-order valence-electron chi connectivity index (χ0n) is 9.43. The van der Waals surface area contributed by atoms with Crippen molar-refractivity contribution >= 4 is 12.1 Å². The molecule has 1 saturated heterocycles. The summed E-state index contributed by atoms with van der Waals surface area (Å²) in [6, 6.07) is -0.904. The first-order valence-electron chi connectivity index (χ1n) is 5.23. The molecule has 1 aliphatic heterocycles. The minimum absolute atomic E-state index is 0.0278. The summed E-state index contributed by atoms with van der Waals surface area (Å²) in [4.78, 5) is 22.1. The van der Waals surface area contributed by atoms with E-state index in [0.29, 0.717) is 19.4 Å². The molecule has 6 nitrogen and oxygen atoms in total. The van der Waals surface area contributed by atoms with Gasteiger partial charge < -0.3 is 19.9 Å². The maximum absolute atomic E-state index is 11.0. The molecule has 1 rings (SSSR count). The third-order valence-corrected chi connectivity index (χ3v) is 2.72. The maximum Gasteiger partial charge on any atom is 0.407 e. The van der Waals surface area contributed by atoms with Gasteiger partial charge in [0.2, 0.25) is 0 Å². The number of nitrogens with one attached hydrogen (secondary N) is 1. The van der Waals surface area contributed by atoms with E-state index in [0.717, 1.165) is 0 Å². The van der Waals surface area contributed by atoms with Gasteiger partial charge in [-0.3, -0.25) is 0 Å². The smallest absolute Gasteiger partial charge is 0.407 e. The number of carboxylic acid groups (broad SMARTS) is 1. The van der Waals surface area contributed by atoms with Crippen LogP contribution in [0.15, 0.2) is 0 Å². The highest BCUT2D eigenvalue weighted by Gasteiger charge is 2.33. The van der Waals surface area contributed by atoms with Crippen LogP contribution < -0.4 is 5.32 Å². The van der Waals surface area contributed by atoms with Crippen LogP contribution in [-0.2, 0) is 14.3 Å². The number of hydrogen-bond donors (Lipinski definition) is 2. The van der Waals surface area contributed by atoms with Gasteiger partial charge in [-0.2, -0.15) is 0 Å². The Bertz CT molecular complexity index is 268. The highest BCUT2D eigenvalue weighted by molar-refractivity contribution is 5.80. The highest BCUT2D eigenvalue weighted by atomic mass is 16.5. The van der Waals surface area contributed by atoms with Gasteiger partial charge in [-0.05, 0) is 25.7 Å². The molecule has 0 spiro atoms. The predicted octanol–water partition coefficient (Wildman–Crippen LogP) is 0.611. The average Bonchev–Trinajstić information content (AvgIpc) is 2.25. The first-order valence-corrected chi connectivity index (χ1v) is 5.23. The second-order valence-electron chi connectivity index (χ2n) is 3.92. The van der Waals surface area contributed by atoms with Crippen LogP contribution in [0.3, 0.4) is 0 Å². The van der Waals surface area contributed by atoms with E-state index in [2.05, 4.69) is 10.1 Å². The molecule has 3 atom stereocenters. The van der Waals surface area contributed by atoms with Crippen molar-refractivity contribution in [3.05, 3.63) is 0 Å². The predicted molar refractivity (Wildman–Crippen MR) is 55.1 cm³/mol. The van der Waals surface area contributed by atoms with E-state index >= 15 is 0 Å². The lowest BCUT2D eigenvalue weighted by Crippen LogP contribution is -2.48. The number of carbonyl (C=O) groups is 2. The van der Waals surface area contributed by atoms with Crippen molar-refractivity contribution in [2.75, 3.05) is 13.7 Å². The third-order valence-electron chi connectivity index (χ3n) is 2.72. The number of hydrogen-bond acceptors (Lipinski definition) is 4. The SMILES string of the molecule is COC(=O)N[C@H](C(=O)O)[C@@H]1CCO[C@@H](C)C1. The van der Waals surface area contributed by atoms with Crippen LogP contribution in [0.2, 0.25) is 0 Å². The lowest BCUT2D eigenvalue weighted by atomic mass is 9.89. The van der Waals surface area contributed by atoms with E-state index in [1.165, 1.54) is 7.11 Å². The number of rotatable bonds is 3. The second-order valence-corrected chi connectivity index (χ2v) is 3.92. The Labute approximate surface area is 93.9 Å². The molecular formula is C10H17NO5. The molecule has 0 aromatic rings. The fourth-order valence-corrected chi connectivity index (χ4v) is 1.90. The molecule has 0 radical (unpaired) electrons. The fraction of sp³-hybridized carbons (Fsp3) is 0.800. The first-order chi connectivity index (χ1) is 7.54. The van der Waals surface area contributed by atoms with Crippen LogP contribution in [0, 0.1) is 5.92 Å². The lowest BCUT2D eigenvalue weighted by Gasteiger charge is -2.31. The molecular weight excluding hydrogens is 214 g/mol. The minimum atomic E-state index is -1.04. The quantitative estimate of drug-likeness (QED) is 0.743. The van der Waals surface area contributed by atoms with Gasteiger partial charge in [0.1, 0.15) is 6.04 Å². The summed E-state index contributed by atoms with van der Waals surface area (Å²) in [6.45, 7) is 2.42. The van der Waals surface area contributed by atoms with Crippen molar-refractivity contribution in [2.45, 2.75) is 31.9 Å². The molecule has 0 aliphatic carbocycles. The summed E-state index contributed by atoms with van der Waals surface area (Å²) in [7, 11) is 1.21. The number of amides is 1. The Morgan fingerprint density at radius 3 is 2.75 bits per heavy atom. The molecule has 0 aromatic heterocycles. The zero-order valence-corrected chi connectivity index (χ0v) is 9.43. The molecule has 0 aromatic carbocycles. The first kappa shape index (κ1) is 12.8.